The maximum absolute atomic E-state index is 5.66. The van der Waals surface area contributed by atoms with Gasteiger partial charge in [0.05, 0.1) is 6.61 Å². The number of rotatable bonds is 4. The first-order valence-corrected chi connectivity index (χ1v) is 5.95. The van der Waals surface area contributed by atoms with Crippen molar-refractivity contribution < 1.29 is 4.74 Å². The fraction of sp³-hybridized carbons (Fsp3) is 0.455. The molecule has 0 radical (unpaired) electrons. The molecule has 1 aromatic carbocycles. The number of benzene rings is 1. The van der Waals surface area contributed by atoms with Crippen LogP contribution in [0.1, 0.15) is 13.8 Å². The van der Waals surface area contributed by atoms with Crippen molar-refractivity contribution in [3.8, 4) is 5.75 Å². The second-order valence-corrected chi connectivity index (χ2v) is 5.30. The Morgan fingerprint density at radius 3 is 2.71 bits per heavy atom. The van der Waals surface area contributed by atoms with Crippen molar-refractivity contribution in [1.29, 1.82) is 0 Å². The Morgan fingerprint density at radius 1 is 1.43 bits per heavy atom. The summed E-state index contributed by atoms with van der Waals surface area (Å²) < 4.78 is 6.70. The van der Waals surface area contributed by atoms with Gasteiger partial charge in [-0.2, -0.15) is 12.6 Å². The van der Waals surface area contributed by atoms with Crippen molar-refractivity contribution in [2.75, 3.05) is 12.4 Å². The molecule has 0 saturated heterocycles. The highest BCUT2D eigenvalue weighted by Gasteiger charge is 2.16. The van der Waals surface area contributed by atoms with E-state index in [1.807, 2.05) is 24.3 Å². The van der Waals surface area contributed by atoms with E-state index in [-0.39, 0.29) is 5.41 Å². The minimum Gasteiger partial charge on any atom is -0.493 e. The van der Waals surface area contributed by atoms with Gasteiger partial charge in [0.25, 0.3) is 0 Å². The van der Waals surface area contributed by atoms with Crippen molar-refractivity contribution >= 4 is 28.6 Å². The molecule has 14 heavy (non-hydrogen) atoms. The molecule has 0 atom stereocenters. The minimum absolute atomic E-state index is 0.116. The SMILES string of the molecule is CC(C)(CS)COc1cccc(Br)c1. The van der Waals surface area contributed by atoms with Crippen molar-refractivity contribution in [2.45, 2.75) is 13.8 Å². The summed E-state index contributed by atoms with van der Waals surface area (Å²) in [6.07, 6.45) is 0. The van der Waals surface area contributed by atoms with Crippen LogP contribution in [0.2, 0.25) is 0 Å². The van der Waals surface area contributed by atoms with Gasteiger partial charge in [-0.05, 0) is 24.0 Å². The standard InChI is InChI=1S/C11H15BrOS/c1-11(2,8-14)7-13-10-5-3-4-9(12)6-10/h3-6,14H,7-8H2,1-2H3. The Kier molecular flexibility index (Phi) is 4.32. The molecule has 0 unspecified atom stereocenters. The highest BCUT2D eigenvalue weighted by atomic mass is 79.9. The third kappa shape index (κ3) is 3.93. The van der Waals surface area contributed by atoms with E-state index >= 15 is 0 Å². The number of ether oxygens (including phenoxy) is 1. The Labute approximate surface area is 99.4 Å². The quantitative estimate of drug-likeness (QED) is 0.823. The van der Waals surface area contributed by atoms with Gasteiger partial charge in [0.2, 0.25) is 0 Å². The molecule has 0 aliphatic rings. The van der Waals surface area contributed by atoms with Crippen molar-refractivity contribution in [3.05, 3.63) is 28.7 Å². The highest BCUT2D eigenvalue weighted by molar-refractivity contribution is 9.10. The van der Waals surface area contributed by atoms with Gasteiger partial charge in [0.15, 0.2) is 0 Å². The van der Waals surface area contributed by atoms with Gasteiger partial charge in [0, 0.05) is 9.89 Å². The molecule has 1 nitrogen and oxygen atoms in total. The molecule has 0 aromatic heterocycles. The summed E-state index contributed by atoms with van der Waals surface area (Å²) in [4.78, 5) is 0. The first-order valence-electron chi connectivity index (χ1n) is 4.53. The lowest BCUT2D eigenvalue weighted by Crippen LogP contribution is -2.23. The van der Waals surface area contributed by atoms with E-state index in [4.69, 9.17) is 4.74 Å². The van der Waals surface area contributed by atoms with Crippen molar-refractivity contribution in [1.82, 2.24) is 0 Å². The zero-order chi connectivity index (χ0) is 10.6. The molecule has 0 heterocycles. The zero-order valence-corrected chi connectivity index (χ0v) is 10.9. The van der Waals surface area contributed by atoms with Gasteiger partial charge in [-0.1, -0.05) is 35.8 Å². The van der Waals surface area contributed by atoms with Gasteiger partial charge >= 0.3 is 0 Å². The fourth-order valence-electron chi connectivity index (χ4n) is 0.881. The Morgan fingerprint density at radius 2 is 2.14 bits per heavy atom. The molecule has 0 saturated carbocycles. The summed E-state index contributed by atoms with van der Waals surface area (Å²) >= 11 is 7.68. The van der Waals surface area contributed by atoms with E-state index in [1.54, 1.807) is 0 Å². The monoisotopic (exact) mass is 274 g/mol. The lowest BCUT2D eigenvalue weighted by atomic mass is 9.98. The summed E-state index contributed by atoms with van der Waals surface area (Å²) in [5, 5.41) is 0. The predicted octanol–water partition coefficient (Wildman–Crippen LogP) is 3.78. The highest BCUT2D eigenvalue weighted by Crippen LogP contribution is 2.22. The van der Waals surface area contributed by atoms with E-state index in [1.165, 1.54) is 0 Å². The Hall–Kier alpha value is -0.150. The molecule has 3 heteroatoms. The van der Waals surface area contributed by atoms with Crippen molar-refractivity contribution in [3.63, 3.8) is 0 Å². The third-order valence-corrected chi connectivity index (χ3v) is 3.20. The molecule has 0 aliphatic carbocycles. The van der Waals surface area contributed by atoms with Crippen LogP contribution in [-0.4, -0.2) is 12.4 Å². The fourth-order valence-corrected chi connectivity index (χ4v) is 1.35. The Balaban J connectivity index is 2.54. The Bertz CT molecular complexity index is 299. The zero-order valence-electron chi connectivity index (χ0n) is 8.46. The third-order valence-electron chi connectivity index (χ3n) is 1.85. The molecule has 0 bridgehead atoms. The molecule has 0 fully saturated rings. The van der Waals surface area contributed by atoms with Crippen molar-refractivity contribution in [2.24, 2.45) is 5.41 Å². The largest absolute Gasteiger partial charge is 0.493 e. The van der Waals surface area contributed by atoms with Gasteiger partial charge < -0.3 is 4.74 Å². The molecule has 1 rings (SSSR count). The number of thiol groups is 1. The van der Waals surface area contributed by atoms with E-state index < -0.39 is 0 Å². The van der Waals surface area contributed by atoms with E-state index in [0.717, 1.165) is 16.0 Å². The van der Waals surface area contributed by atoms with Gasteiger partial charge in [-0.25, -0.2) is 0 Å². The second-order valence-electron chi connectivity index (χ2n) is 4.07. The summed E-state index contributed by atoms with van der Waals surface area (Å²) in [7, 11) is 0. The van der Waals surface area contributed by atoms with Gasteiger partial charge in [0.1, 0.15) is 5.75 Å². The average Bonchev–Trinajstić information content (AvgIpc) is 2.15. The average molecular weight is 275 g/mol. The minimum atomic E-state index is 0.116. The topological polar surface area (TPSA) is 9.23 Å². The van der Waals surface area contributed by atoms with Gasteiger partial charge in [-0.15, -0.1) is 0 Å². The summed E-state index contributed by atoms with van der Waals surface area (Å²) in [6.45, 7) is 4.96. The van der Waals surface area contributed by atoms with Crippen LogP contribution in [0.4, 0.5) is 0 Å². The maximum atomic E-state index is 5.66. The molecular formula is C11H15BrOS. The normalized spacial score (nSPS) is 11.4. The number of hydrogen-bond donors (Lipinski definition) is 1. The van der Waals surface area contributed by atoms with Crippen LogP contribution in [-0.2, 0) is 0 Å². The molecule has 1 aromatic rings. The summed E-state index contributed by atoms with van der Waals surface area (Å²) in [6, 6.07) is 7.87. The molecule has 0 N–H and O–H groups in total. The van der Waals surface area contributed by atoms with E-state index in [2.05, 4.69) is 42.4 Å². The molecular weight excluding hydrogens is 260 g/mol. The van der Waals surface area contributed by atoms with Crippen LogP contribution < -0.4 is 4.74 Å². The van der Waals surface area contributed by atoms with Crippen LogP contribution >= 0.6 is 28.6 Å². The van der Waals surface area contributed by atoms with E-state index in [0.29, 0.717) is 6.61 Å². The van der Waals surface area contributed by atoms with E-state index in [9.17, 15) is 0 Å². The summed E-state index contributed by atoms with van der Waals surface area (Å²) in [5.74, 6) is 1.72. The molecule has 0 amide bonds. The van der Waals surface area contributed by atoms with Crippen LogP contribution in [0.15, 0.2) is 28.7 Å². The smallest absolute Gasteiger partial charge is 0.120 e. The van der Waals surface area contributed by atoms with Crippen LogP contribution in [0.3, 0.4) is 0 Å². The lowest BCUT2D eigenvalue weighted by Gasteiger charge is -2.22. The number of hydrogen-bond acceptors (Lipinski definition) is 2. The predicted molar refractivity (Wildman–Crippen MR) is 67.3 cm³/mol. The van der Waals surface area contributed by atoms with Crippen LogP contribution in [0.5, 0.6) is 5.75 Å². The van der Waals surface area contributed by atoms with Crippen LogP contribution in [0, 0.1) is 5.41 Å². The molecule has 78 valence electrons. The maximum Gasteiger partial charge on any atom is 0.120 e. The summed E-state index contributed by atoms with van der Waals surface area (Å²) in [5.41, 5.74) is 0.116. The number of halogens is 1. The van der Waals surface area contributed by atoms with Crippen LogP contribution in [0.25, 0.3) is 0 Å². The first kappa shape index (κ1) is 11.9. The lowest BCUT2D eigenvalue weighted by molar-refractivity contribution is 0.202. The molecule has 0 spiro atoms. The first-order chi connectivity index (χ1) is 6.53. The van der Waals surface area contributed by atoms with Gasteiger partial charge in [-0.3, -0.25) is 0 Å². The second kappa shape index (κ2) is 5.08. The molecule has 0 aliphatic heterocycles.